The number of aliphatic imine (C=N–C) groups is 1. The molecule has 0 fully saturated rings. The second-order valence-electron chi connectivity index (χ2n) is 6.67. The van der Waals surface area contributed by atoms with Crippen molar-refractivity contribution in [2.24, 2.45) is 10.7 Å². The smallest absolute Gasteiger partial charge is 0.263 e. The molecule has 2 atom stereocenters. The molecule has 0 spiro atoms. The molecule has 1 aliphatic rings. The zero-order chi connectivity index (χ0) is 19.4. The number of quaternary nitrogens is 1. The Hall–Kier alpha value is -3.13. The SMILES string of the molecule is CC(Nc1nccc([N+]2(NCCN)C=Nc3ccccc32)n1)c1ccccc1. The van der Waals surface area contributed by atoms with Crippen molar-refractivity contribution in [2.75, 3.05) is 18.4 Å². The molecule has 4 N–H and O–H groups in total. The van der Waals surface area contributed by atoms with Gasteiger partial charge in [0, 0.05) is 24.9 Å². The minimum absolute atomic E-state index is 0.0847. The van der Waals surface area contributed by atoms with Gasteiger partial charge < -0.3 is 11.1 Å². The Morgan fingerprint density at radius 3 is 2.64 bits per heavy atom. The average molecular weight is 374 g/mol. The number of nitrogens with zero attached hydrogens (tertiary/aromatic N) is 4. The number of nitrogens with two attached hydrogens (primary N) is 1. The van der Waals surface area contributed by atoms with Crippen LogP contribution in [0.5, 0.6) is 0 Å². The Labute approximate surface area is 164 Å². The molecule has 2 unspecified atom stereocenters. The second-order valence-corrected chi connectivity index (χ2v) is 6.67. The summed E-state index contributed by atoms with van der Waals surface area (Å²) in [6.45, 7) is 3.22. The number of hydrogen-bond donors (Lipinski definition) is 3. The van der Waals surface area contributed by atoms with Crippen LogP contribution in [0.25, 0.3) is 0 Å². The van der Waals surface area contributed by atoms with Gasteiger partial charge in [0.2, 0.25) is 12.3 Å². The van der Waals surface area contributed by atoms with E-state index in [0.29, 0.717) is 19.0 Å². The van der Waals surface area contributed by atoms with E-state index in [0.717, 1.165) is 17.2 Å². The third kappa shape index (κ3) is 3.38. The molecule has 0 bridgehead atoms. The molecule has 7 nitrogen and oxygen atoms in total. The Bertz CT molecular complexity index is 973. The molecule has 0 amide bonds. The fourth-order valence-electron chi connectivity index (χ4n) is 3.35. The van der Waals surface area contributed by atoms with Crippen LogP contribution in [-0.2, 0) is 0 Å². The van der Waals surface area contributed by atoms with Crippen LogP contribution in [0.4, 0.5) is 23.1 Å². The number of anilines is 1. The average Bonchev–Trinajstić information content (AvgIpc) is 3.13. The van der Waals surface area contributed by atoms with Crippen LogP contribution >= 0.6 is 0 Å². The molecule has 2 aromatic carbocycles. The molecule has 4 rings (SSSR count). The van der Waals surface area contributed by atoms with E-state index in [4.69, 9.17) is 10.7 Å². The minimum Gasteiger partial charge on any atom is -0.348 e. The fourth-order valence-corrected chi connectivity index (χ4v) is 3.35. The number of rotatable bonds is 7. The van der Waals surface area contributed by atoms with Crippen LogP contribution in [-0.4, -0.2) is 29.4 Å². The lowest BCUT2D eigenvalue weighted by Crippen LogP contribution is -2.55. The van der Waals surface area contributed by atoms with E-state index in [2.05, 4.69) is 39.8 Å². The van der Waals surface area contributed by atoms with Crippen molar-refractivity contribution in [1.82, 2.24) is 20.0 Å². The largest absolute Gasteiger partial charge is 0.348 e. The summed E-state index contributed by atoms with van der Waals surface area (Å²) in [5, 5.41) is 3.39. The van der Waals surface area contributed by atoms with Gasteiger partial charge in [-0.2, -0.15) is 9.98 Å². The van der Waals surface area contributed by atoms with Crippen LogP contribution in [0.2, 0.25) is 0 Å². The molecule has 0 aliphatic carbocycles. The van der Waals surface area contributed by atoms with Crippen LogP contribution < -0.4 is 21.1 Å². The Morgan fingerprint density at radius 1 is 1.04 bits per heavy atom. The Balaban J connectivity index is 1.68. The van der Waals surface area contributed by atoms with Gasteiger partial charge in [0.1, 0.15) is 5.69 Å². The predicted molar refractivity (Wildman–Crippen MR) is 114 cm³/mol. The first-order valence-corrected chi connectivity index (χ1v) is 9.37. The van der Waals surface area contributed by atoms with Crippen molar-refractivity contribution in [3.8, 4) is 0 Å². The first-order valence-electron chi connectivity index (χ1n) is 9.37. The van der Waals surface area contributed by atoms with Gasteiger partial charge >= 0.3 is 0 Å². The molecule has 1 aromatic heterocycles. The van der Waals surface area contributed by atoms with E-state index in [-0.39, 0.29) is 10.6 Å². The molecule has 142 valence electrons. The van der Waals surface area contributed by atoms with Gasteiger partial charge in [0.05, 0.1) is 12.6 Å². The second kappa shape index (κ2) is 7.85. The molecule has 3 aromatic rings. The molecule has 7 heteroatoms. The standard InChI is InChI=1S/C21H24N7/c1-16(17-7-3-2-4-8-17)26-21-23-13-11-20(27-21)28(25-14-12-22)15-24-18-9-5-6-10-19(18)28/h2-11,13,15-16,25H,12,14,22H2,1H3,(H,23,26,27)/q+1. The molecular formula is C21H24N7+. The summed E-state index contributed by atoms with van der Waals surface area (Å²) in [5.41, 5.74) is 12.3. The monoisotopic (exact) mass is 374 g/mol. The topological polar surface area (TPSA) is 88.2 Å². The highest BCUT2D eigenvalue weighted by atomic mass is 15.7. The van der Waals surface area contributed by atoms with Gasteiger partial charge in [-0.3, -0.25) is 0 Å². The first-order chi connectivity index (χ1) is 13.7. The zero-order valence-corrected chi connectivity index (χ0v) is 15.8. The Morgan fingerprint density at radius 2 is 1.82 bits per heavy atom. The number of para-hydroxylation sites is 2. The summed E-state index contributed by atoms with van der Waals surface area (Å²) in [5.74, 6) is 1.35. The highest BCUT2D eigenvalue weighted by molar-refractivity contribution is 5.93. The van der Waals surface area contributed by atoms with Crippen LogP contribution in [0.15, 0.2) is 71.9 Å². The lowest BCUT2D eigenvalue weighted by Gasteiger charge is -2.28. The van der Waals surface area contributed by atoms with E-state index >= 15 is 0 Å². The highest BCUT2D eigenvalue weighted by Crippen LogP contribution is 2.41. The summed E-state index contributed by atoms with van der Waals surface area (Å²) >= 11 is 0. The summed E-state index contributed by atoms with van der Waals surface area (Å²) in [7, 11) is 0. The zero-order valence-electron chi connectivity index (χ0n) is 15.8. The predicted octanol–water partition coefficient (Wildman–Crippen LogP) is 3.43. The molecule has 28 heavy (non-hydrogen) atoms. The van der Waals surface area contributed by atoms with Gasteiger partial charge in [-0.25, -0.2) is 4.98 Å². The van der Waals surface area contributed by atoms with Crippen LogP contribution in [0, 0.1) is 0 Å². The molecule has 1 aliphatic heterocycles. The summed E-state index contributed by atoms with van der Waals surface area (Å²) in [6.07, 6.45) is 3.62. The van der Waals surface area contributed by atoms with Gasteiger partial charge in [-0.15, -0.1) is 10.0 Å². The van der Waals surface area contributed by atoms with Gasteiger partial charge in [0.15, 0.2) is 5.69 Å². The van der Waals surface area contributed by atoms with Crippen molar-refractivity contribution in [3.05, 3.63) is 72.4 Å². The molecule has 0 radical (unpaired) electrons. The number of benzene rings is 2. The number of aromatic nitrogens is 2. The summed E-state index contributed by atoms with van der Waals surface area (Å²) in [6, 6.07) is 20.2. The van der Waals surface area contributed by atoms with E-state index in [1.165, 1.54) is 5.56 Å². The van der Waals surface area contributed by atoms with Crippen molar-refractivity contribution < 1.29 is 0 Å². The minimum atomic E-state index is 0.0847. The molecule has 0 saturated carbocycles. The third-order valence-corrected chi connectivity index (χ3v) is 4.78. The van der Waals surface area contributed by atoms with Crippen LogP contribution in [0.3, 0.4) is 0 Å². The Kier molecular flexibility index (Phi) is 5.12. The lowest BCUT2D eigenvalue weighted by molar-refractivity contribution is 0.421. The van der Waals surface area contributed by atoms with E-state index in [1.54, 1.807) is 6.20 Å². The van der Waals surface area contributed by atoms with Crippen LogP contribution in [0.1, 0.15) is 18.5 Å². The maximum atomic E-state index is 5.76. The van der Waals surface area contributed by atoms with Crippen molar-refractivity contribution in [2.45, 2.75) is 13.0 Å². The van der Waals surface area contributed by atoms with Gasteiger partial charge in [-0.1, -0.05) is 42.5 Å². The maximum absolute atomic E-state index is 5.76. The van der Waals surface area contributed by atoms with E-state index < -0.39 is 0 Å². The van der Waals surface area contributed by atoms with Crippen molar-refractivity contribution in [3.63, 3.8) is 0 Å². The summed E-state index contributed by atoms with van der Waals surface area (Å²) in [4.78, 5) is 13.8. The third-order valence-electron chi connectivity index (χ3n) is 4.78. The first kappa shape index (κ1) is 18.2. The number of fused-ring (bicyclic) bond motifs is 1. The quantitative estimate of drug-likeness (QED) is 0.552. The fraction of sp³-hybridized carbons (Fsp3) is 0.190. The number of nitrogens with one attached hydrogen (secondary N) is 2. The van der Waals surface area contributed by atoms with E-state index in [9.17, 15) is 0 Å². The highest BCUT2D eigenvalue weighted by Gasteiger charge is 2.40. The van der Waals surface area contributed by atoms with E-state index in [1.807, 2.05) is 54.9 Å². The van der Waals surface area contributed by atoms with Gasteiger partial charge in [-0.05, 0) is 18.6 Å². The summed E-state index contributed by atoms with van der Waals surface area (Å²) < 4.78 is 0.213. The number of hydrogen-bond acceptors (Lipinski definition) is 6. The molecular weight excluding hydrogens is 350 g/mol. The molecule has 0 saturated heterocycles. The lowest BCUT2D eigenvalue weighted by atomic mass is 10.1. The molecule has 2 heterocycles. The van der Waals surface area contributed by atoms with Crippen molar-refractivity contribution in [1.29, 1.82) is 0 Å². The maximum Gasteiger partial charge on any atom is 0.263 e. The van der Waals surface area contributed by atoms with Gasteiger partial charge in [0.25, 0.3) is 5.82 Å². The van der Waals surface area contributed by atoms with Crippen molar-refractivity contribution >= 4 is 29.5 Å². The normalized spacial score (nSPS) is 18.6.